The van der Waals surface area contributed by atoms with Crippen molar-refractivity contribution >= 4 is 34.7 Å². The molecule has 0 saturated carbocycles. The summed E-state index contributed by atoms with van der Waals surface area (Å²) in [6.07, 6.45) is 2.04. The lowest BCUT2D eigenvalue weighted by molar-refractivity contribution is -0.116. The maximum absolute atomic E-state index is 12.7. The maximum atomic E-state index is 12.7. The number of thioether (sulfide) groups is 1. The van der Waals surface area contributed by atoms with Crippen molar-refractivity contribution in [2.75, 3.05) is 24.3 Å². The van der Waals surface area contributed by atoms with Crippen LogP contribution in [-0.2, 0) is 11.2 Å². The van der Waals surface area contributed by atoms with Gasteiger partial charge in [0.05, 0.1) is 12.9 Å². The lowest BCUT2D eigenvalue weighted by Crippen LogP contribution is -2.36. The van der Waals surface area contributed by atoms with E-state index in [9.17, 15) is 4.79 Å². The summed E-state index contributed by atoms with van der Waals surface area (Å²) in [4.78, 5) is 14.6. The van der Waals surface area contributed by atoms with Gasteiger partial charge in [0.25, 0.3) is 0 Å². The highest BCUT2D eigenvalue weighted by molar-refractivity contribution is 8.01. The van der Waals surface area contributed by atoms with Crippen molar-refractivity contribution < 1.29 is 9.53 Å². The first kappa shape index (κ1) is 18.0. The SMILES string of the molecule is COc1ccc(-c2nnc(SCC(=O)N3CCCc4ccccc43)s2)cc1. The van der Waals surface area contributed by atoms with Crippen LogP contribution in [0.25, 0.3) is 10.6 Å². The molecule has 0 spiro atoms. The van der Waals surface area contributed by atoms with Crippen LogP contribution in [0.5, 0.6) is 5.75 Å². The van der Waals surface area contributed by atoms with Gasteiger partial charge in [0.1, 0.15) is 10.8 Å². The number of hydrogen-bond acceptors (Lipinski definition) is 6. The van der Waals surface area contributed by atoms with Crippen molar-refractivity contribution in [1.29, 1.82) is 0 Å². The molecule has 5 nitrogen and oxygen atoms in total. The van der Waals surface area contributed by atoms with Crippen molar-refractivity contribution in [2.45, 2.75) is 17.2 Å². The number of nitrogens with zero attached hydrogens (tertiary/aromatic N) is 3. The van der Waals surface area contributed by atoms with Gasteiger partial charge in [0.15, 0.2) is 4.34 Å². The molecule has 1 aliphatic heterocycles. The molecule has 1 aromatic heterocycles. The standard InChI is InChI=1S/C20H19N3O2S2/c1-25-16-10-8-15(9-11-16)19-21-22-20(27-19)26-13-18(24)23-12-4-6-14-5-2-3-7-17(14)23/h2-3,5,7-11H,4,6,12-13H2,1H3. The highest BCUT2D eigenvalue weighted by Gasteiger charge is 2.22. The Labute approximate surface area is 166 Å². The summed E-state index contributed by atoms with van der Waals surface area (Å²) in [5.74, 6) is 1.30. The minimum atomic E-state index is 0.119. The average molecular weight is 398 g/mol. The maximum Gasteiger partial charge on any atom is 0.237 e. The minimum absolute atomic E-state index is 0.119. The molecule has 1 aliphatic rings. The first-order chi connectivity index (χ1) is 13.2. The van der Waals surface area contributed by atoms with Crippen molar-refractivity contribution in [1.82, 2.24) is 10.2 Å². The van der Waals surface area contributed by atoms with Gasteiger partial charge in [0.2, 0.25) is 5.91 Å². The second-order valence-corrected chi connectivity index (χ2v) is 8.37. The zero-order valence-electron chi connectivity index (χ0n) is 14.9. The molecule has 2 heterocycles. The Morgan fingerprint density at radius 3 is 2.81 bits per heavy atom. The number of anilines is 1. The third-order valence-electron chi connectivity index (χ3n) is 4.47. The van der Waals surface area contributed by atoms with Crippen LogP contribution >= 0.6 is 23.1 Å². The van der Waals surface area contributed by atoms with Gasteiger partial charge in [-0.25, -0.2) is 0 Å². The van der Waals surface area contributed by atoms with Crippen LogP contribution in [0, 0.1) is 0 Å². The summed E-state index contributed by atoms with van der Waals surface area (Å²) in [6, 6.07) is 15.9. The predicted octanol–water partition coefficient (Wildman–Crippen LogP) is 4.29. The van der Waals surface area contributed by atoms with Crippen LogP contribution in [0.3, 0.4) is 0 Å². The van der Waals surface area contributed by atoms with Gasteiger partial charge in [-0.2, -0.15) is 0 Å². The van der Waals surface area contributed by atoms with Gasteiger partial charge in [-0.3, -0.25) is 4.79 Å². The van der Waals surface area contributed by atoms with Gasteiger partial charge in [0, 0.05) is 17.8 Å². The highest BCUT2D eigenvalue weighted by atomic mass is 32.2. The lowest BCUT2D eigenvalue weighted by Gasteiger charge is -2.29. The first-order valence-corrected chi connectivity index (χ1v) is 10.5. The molecule has 4 rings (SSSR count). The van der Waals surface area contributed by atoms with E-state index in [1.54, 1.807) is 7.11 Å². The molecule has 0 atom stereocenters. The summed E-state index contributed by atoms with van der Waals surface area (Å²) in [5, 5.41) is 9.32. The molecule has 7 heteroatoms. The largest absolute Gasteiger partial charge is 0.497 e. The van der Waals surface area contributed by atoms with E-state index in [0.29, 0.717) is 5.75 Å². The molecule has 27 heavy (non-hydrogen) atoms. The Balaban J connectivity index is 1.41. The van der Waals surface area contributed by atoms with Gasteiger partial charge in [-0.1, -0.05) is 41.3 Å². The molecule has 0 fully saturated rings. The Kier molecular flexibility index (Phi) is 5.40. The zero-order valence-corrected chi connectivity index (χ0v) is 16.6. The van der Waals surface area contributed by atoms with Crippen LogP contribution in [-0.4, -0.2) is 35.5 Å². The highest BCUT2D eigenvalue weighted by Crippen LogP contribution is 2.32. The second kappa shape index (κ2) is 8.10. The number of ether oxygens (including phenoxy) is 1. The van der Waals surface area contributed by atoms with Crippen LogP contribution in [0.2, 0.25) is 0 Å². The first-order valence-electron chi connectivity index (χ1n) is 8.73. The molecule has 2 aromatic carbocycles. The molecule has 0 aliphatic carbocycles. The molecule has 0 radical (unpaired) electrons. The average Bonchev–Trinajstić information content (AvgIpc) is 3.20. The quantitative estimate of drug-likeness (QED) is 0.601. The molecule has 138 valence electrons. The summed E-state index contributed by atoms with van der Waals surface area (Å²) in [6.45, 7) is 0.781. The fourth-order valence-corrected chi connectivity index (χ4v) is 4.85. The number of carbonyl (C=O) groups is 1. The van der Waals surface area contributed by atoms with Crippen molar-refractivity contribution in [3.63, 3.8) is 0 Å². The molecular weight excluding hydrogens is 378 g/mol. The number of aryl methyl sites for hydroxylation is 1. The molecule has 0 saturated heterocycles. The number of amides is 1. The molecular formula is C20H19N3O2S2. The Morgan fingerprint density at radius 1 is 1.19 bits per heavy atom. The fraction of sp³-hybridized carbons (Fsp3) is 0.250. The van der Waals surface area contributed by atoms with Crippen LogP contribution in [0.1, 0.15) is 12.0 Å². The molecule has 3 aromatic rings. The van der Waals surface area contributed by atoms with E-state index in [1.807, 2.05) is 47.4 Å². The Bertz CT molecular complexity index is 940. The van der Waals surface area contributed by atoms with Crippen LogP contribution in [0.4, 0.5) is 5.69 Å². The number of fused-ring (bicyclic) bond motifs is 1. The van der Waals surface area contributed by atoms with Crippen LogP contribution < -0.4 is 9.64 Å². The summed E-state index contributed by atoms with van der Waals surface area (Å²) < 4.78 is 5.98. The third-order valence-corrected chi connectivity index (χ3v) is 6.56. The number of rotatable bonds is 5. The Hall–Kier alpha value is -2.38. The minimum Gasteiger partial charge on any atom is -0.497 e. The number of hydrogen-bond donors (Lipinski definition) is 0. The summed E-state index contributed by atoms with van der Waals surface area (Å²) in [5.41, 5.74) is 3.29. The number of methoxy groups -OCH3 is 1. The number of para-hydroxylation sites is 1. The Morgan fingerprint density at radius 2 is 2.00 bits per heavy atom. The van der Waals surface area contributed by atoms with Crippen molar-refractivity contribution in [2.24, 2.45) is 0 Å². The van der Waals surface area contributed by atoms with E-state index in [2.05, 4.69) is 16.3 Å². The molecule has 0 bridgehead atoms. The van der Waals surface area contributed by atoms with E-state index >= 15 is 0 Å². The van der Waals surface area contributed by atoms with Gasteiger partial charge >= 0.3 is 0 Å². The molecule has 1 amide bonds. The van der Waals surface area contributed by atoms with E-state index in [-0.39, 0.29) is 5.91 Å². The van der Waals surface area contributed by atoms with Gasteiger partial charge < -0.3 is 9.64 Å². The monoisotopic (exact) mass is 397 g/mol. The van der Waals surface area contributed by atoms with Gasteiger partial charge in [-0.05, 0) is 48.7 Å². The van der Waals surface area contributed by atoms with E-state index in [0.717, 1.165) is 45.7 Å². The predicted molar refractivity (Wildman–Crippen MR) is 110 cm³/mol. The van der Waals surface area contributed by atoms with E-state index in [4.69, 9.17) is 4.74 Å². The number of aromatic nitrogens is 2. The molecule has 0 N–H and O–H groups in total. The van der Waals surface area contributed by atoms with Crippen molar-refractivity contribution in [3.8, 4) is 16.3 Å². The van der Waals surface area contributed by atoms with E-state index in [1.165, 1.54) is 28.7 Å². The topological polar surface area (TPSA) is 55.3 Å². The number of benzene rings is 2. The summed E-state index contributed by atoms with van der Waals surface area (Å²) in [7, 11) is 1.65. The van der Waals surface area contributed by atoms with Crippen LogP contribution in [0.15, 0.2) is 52.9 Å². The lowest BCUT2D eigenvalue weighted by atomic mass is 10.0. The second-order valence-electron chi connectivity index (χ2n) is 6.17. The smallest absolute Gasteiger partial charge is 0.237 e. The van der Waals surface area contributed by atoms with E-state index < -0.39 is 0 Å². The zero-order chi connectivity index (χ0) is 18.6. The summed E-state index contributed by atoms with van der Waals surface area (Å²) >= 11 is 2.95. The molecule has 0 unspecified atom stereocenters. The fourth-order valence-electron chi connectivity index (χ4n) is 3.11. The third kappa shape index (κ3) is 3.99. The normalized spacial score (nSPS) is 13.3. The van der Waals surface area contributed by atoms with Gasteiger partial charge in [-0.15, -0.1) is 10.2 Å². The number of carbonyl (C=O) groups excluding carboxylic acids is 1. The van der Waals surface area contributed by atoms with Crippen molar-refractivity contribution in [3.05, 3.63) is 54.1 Å².